The number of hydrogen-bond donors (Lipinski definition) is 2. The van der Waals surface area contributed by atoms with Gasteiger partial charge in [-0.1, -0.05) is 6.07 Å². The quantitative estimate of drug-likeness (QED) is 0.770. The number of methoxy groups -OCH3 is 1. The number of benzene rings is 1. The number of morpholine rings is 1. The highest BCUT2D eigenvalue weighted by molar-refractivity contribution is 5.42. The molecular formula is C23H30N4O4. The first kappa shape index (κ1) is 20.3. The van der Waals surface area contributed by atoms with Gasteiger partial charge in [0.1, 0.15) is 0 Å². The highest BCUT2D eigenvalue weighted by Gasteiger charge is 2.44. The van der Waals surface area contributed by atoms with Gasteiger partial charge in [-0.25, -0.2) is 4.98 Å². The van der Waals surface area contributed by atoms with Crippen LogP contribution in [-0.2, 0) is 23.1 Å². The summed E-state index contributed by atoms with van der Waals surface area (Å²) >= 11 is 0. The maximum absolute atomic E-state index is 12.8. The maximum Gasteiger partial charge on any atom is 0.255 e. The topological polar surface area (TPSA) is 90.9 Å². The fourth-order valence-corrected chi connectivity index (χ4v) is 5.28. The minimum absolute atomic E-state index is 0.00315. The van der Waals surface area contributed by atoms with E-state index in [-0.39, 0.29) is 16.7 Å². The number of nitrogens with zero attached hydrogens (tertiary/aromatic N) is 3. The van der Waals surface area contributed by atoms with Crippen LogP contribution in [0.4, 0.5) is 5.95 Å². The van der Waals surface area contributed by atoms with Gasteiger partial charge in [0, 0.05) is 30.6 Å². The van der Waals surface area contributed by atoms with Crippen molar-refractivity contribution in [1.82, 2.24) is 14.9 Å². The van der Waals surface area contributed by atoms with Gasteiger partial charge in [0.25, 0.3) is 5.56 Å². The summed E-state index contributed by atoms with van der Waals surface area (Å²) in [5.74, 6) is 1.37. The zero-order valence-corrected chi connectivity index (χ0v) is 18.0. The molecule has 2 fully saturated rings. The predicted molar refractivity (Wildman–Crippen MR) is 117 cm³/mol. The van der Waals surface area contributed by atoms with Crippen LogP contribution in [0.5, 0.6) is 11.5 Å². The fourth-order valence-electron chi connectivity index (χ4n) is 5.28. The predicted octanol–water partition coefficient (Wildman–Crippen LogP) is 1.80. The second-order valence-electron chi connectivity index (χ2n) is 8.88. The fraction of sp³-hybridized carbons (Fsp3) is 0.565. The average molecular weight is 427 g/mol. The number of H-pyrrole nitrogens is 1. The van der Waals surface area contributed by atoms with E-state index in [1.807, 2.05) is 12.1 Å². The van der Waals surface area contributed by atoms with E-state index >= 15 is 0 Å². The van der Waals surface area contributed by atoms with E-state index in [1.54, 1.807) is 13.2 Å². The first-order valence-electron chi connectivity index (χ1n) is 11.1. The maximum atomic E-state index is 12.8. The minimum Gasteiger partial charge on any atom is -0.504 e. The van der Waals surface area contributed by atoms with Crippen molar-refractivity contribution in [3.63, 3.8) is 0 Å². The lowest BCUT2D eigenvalue weighted by atomic mass is 9.76. The molecular weight excluding hydrogens is 396 g/mol. The number of fused-ring (bicyclic) bond motifs is 2. The molecule has 3 aliphatic rings. The van der Waals surface area contributed by atoms with E-state index in [4.69, 9.17) is 14.5 Å². The Bertz CT molecular complexity index is 1010. The smallest absolute Gasteiger partial charge is 0.255 e. The number of ether oxygens (including phenoxy) is 2. The molecule has 1 aliphatic carbocycles. The SMILES string of the molecule is COc1ccc(CN2CCC3(CCc4c3nc(N3CCOCC3)[nH]c4=O)CC2)cc1O. The number of piperidine rings is 1. The van der Waals surface area contributed by atoms with Crippen LogP contribution in [0.25, 0.3) is 0 Å². The van der Waals surface area contributed by atoms with Gasteiger partial charge < -0.3 is 19.5 Å². The number of rotatable bonds is 4. The zero-order chi connectivity index (χ0) is 21.4. The number of likely N-dealkylation sites (tertiary alicyclic amines) is 1. The summed E-state index contributed by atoms with van der Waals surface area (Å²) in [6, 6.07) is 5.60. The Morgan fingerprint density at radius 1 is 1.19 bits per heavy atom. The van der Waals surface area contributed by atoms with Gasteiger partial charge in [0.2, 0.25) is 5.95 Å². The van der Waals surface area contributed by atoms with Crippen molar-refractivity contribution in [3.05, 3.63) is 45.4 Å². The van der Waals surface area contributed by atoms with E-state index in [0.717, 1.165) is 75.2 Å². The highest BCUT2D eigenvalue weighted by atomic mass is 16.5. The molecule has 1 aromatic heterocycles. The van der Waals surface area contributed by atoms with Crippen molar-refractivity contribution in [1.29, 1.82) is 0 Å². The molecule has 166 valence electrons. The highest BCUT2D eigenvalue weighted by Crippen LogP contribution is 2.45. The molecule has 2 saturated heterocycles. The van der Waals surface area contributed by atoms with Crippen LogP contribution in [-0.4, -0.2) is 66.5 Å². The van der Waals surface area contributed by atoms with Crippen molar-refractivity contribution >= 4 is 5.95 Å². The molecule has 8 heteroatoms. The number of phenolic OH excluding ortho intramolecular Hbond substituents is 1. The lowest BCUT2D eigenvalue weighted by Gasteiger charge is -2.39. The molecule has 2 aromatic rings. The summed E-state index contributed by atoms with van der Waals surface area (Å²) in [6.45, 7) is 5.56. The number of anilines is 1. The minimum atomic E-state index is 0.00315. The van der Waals surface area contributed by atoms with Gasteiger partial charge in [-0.3, -0.25) is 14.7 Å². The summed E-state index contributed by atoms with van der Waals surface area (Å²) in [5.41, 5.74) is 3.01. The van der Waals surface area contributed by atoms with E-state index in [2.05, 4.69) is 14.8 Å². The van der Waals surface area contributed by atoms with Crippen LogP contribution in [0.3, 0.4) is 0 Å². The standard InChI is InChI=1S/C23H30N4O4/c1-30-19-3-2-16(14-18(19)28)15-26-8-6-23(7-9-26)5-4-17-20(23)24-22(25-21(17)29)27-10-12-31-13-11-27/h2-3,14,28H,4-13,15H2,1H3,(H,24,25,29). The van der Waals surface area contributed by atoms with Crippen molar-refractivity contribution in [2.75, 3.05) is 51.4 Å². The van der Waals surface area contributed by atoms with Crippen LogP contribution < -0.4 is 15.2 Å². The average Bonchev–Trinajstić information content (AvgIpc) is 3.15. The molecule has 31 heavy (non-hydrogen) atoms. The number of aromatic amines is 1. The molecule has 0 saturated carbocycles. The van der Waals surface area contributed by atoms with Crippen molar-refractivity contribution in [2.45, 2.75) is 37.6 Å². The van der Waals surface area contributed by atoms with Crippen LogP contribution in [0.2, 0.25) is 0 Å². The van der Waals surface area contributed by atoms with E-state index in [9.17, 15) is 9.90 Å². The first-order valence-corrected chi connectivity index (χ1v) is 11.1. The van der Waals surface area contributed by atoms with Crippen LogP contribution in [0.1, 0.15) is 36.1 Å². The third-order valence-corrected chi connectivity index (χ3v) is 7.13. The molecule has 0 atom stereocenters. The monoisotopic (exact) mass is 426 g/mol. The summed E-state index contributed by atoms with van der Waals surface area (Å²) < 4.78 is 10.6. The van der Waals surface area contributed by atoms with Gasteiger partial charge in [0.15, 0.2) is 11.5 Å². The lowest BCUT2D eigenvalue weighted by molar-refractivity contribution is 0.122. The van der Waals surface area contributed by atoms with Crippen molar-refractivity contribution in [3.8, 4) is 11.5 Å². The van der Waals surface area contributed by atoms with Crippen molar-refractivity contribution in [2.24, 2.45) is 0 Å². The van der Waals surface area contributed by atoms with Gasteiger partial charge in [-0.05, 0) is 56.5 Å². The molecule has 3 heterocycles. The molecule has 0 amide bonds. The van der Waals surface area contributed by atoms with Gasteiger partial charge in [0.05, 0.1) is 26.0 Å². The number of hydrogen-bond acceptors (Lipinski definition) is 7. The number of phenols is 1. The Balaban J connectivity index is 1.32. The Morgan fingerprint density at radius 2 is 1.97 bits per heavy atom. The molecule has 2 aliphatic heterocycles. The zero-order valence-electron chi connectivity index (χ0n) is 18.0. The molecule has 0 unspecified atom stereocenters. The summed E-state index contributed by atoms with van der Waals surface area (Å²) in [4.78, 5) is 25.4. The Morgan fingerprint density at radius 3 is 2.68 bits per heavy atom. The number of aromatic hydroxyl groups is 1. The number of nitrogens with one attached hydrogen (secondary N) is 1. The first-order chi connectivity index (χ1) is 15.1. The normalized spacial score (nSPS) is 20.7. The largest absolute Gasteiger partial charge is 0.504 e. The van der Waals surface area contributed by atoms with Gasteiger partial charge in [-0.2, -0.15) is 0 Å². The van der Waals surface area contributed by atoms with Crippen molar-refractivity contribution < 1.29 is 14.6 Å². The third kappa shape index (κ3) is 3.78. The Hall–Kier alpha value is -2.58. The number of aromatic nitrogens is 2. The van der Waals surface area contributed by atoms with Crippen LogP contribution in [0.15, 0.2) is 23.0 Å². The summed E-state index contributed by atoms with van der Waals surface area (Å²) in [7, 11) is 1.56. The van der Waals surface area contributed by atoms with Crippen LogP contribution in [0, 0.1) is 0 Å². The summed E-state index contributed by atoms with van der Waals surface area (Å²) in [5, 5.41) is 10.1. The van der Waals surface area contributed by atoms with E-state index < -0.39 is 0 Å². The Kier molecular flexibility index (Phi) is 5.35. The summed E-state index contributed by atoms with van der Waals surface area (Å²) in [6.07, 6.45) is 3.82. The molecule has 5 rings (SSSR count). The molecule has 2 N–H and O–H groups in total. The second kappa shape index (κ2) is 8.16. The van der Waals surface area contributed by atoms with Crippen LogP contribution >= 0.6 is 0 Å². The lowest BCUT2D eigenvalue weighted by Crippen LogP contribution is -2.43. The molecule has 0 radical (unpaired) electrons. The Labute approximate surface area is 181 Å². The molecule has 0 bridgehead atoms. The molecule has 8 nitrogen and oxygen atoms in total. The second-order valence-corrected chi connectivity index (χ2v) is 8.88. The van der Waals surface area contributed by atoms with E-state index in [1.165, 1.54) is 0 Å². The van der Waals surface area contributed by atoms with Gasteiger partial charge in [-0.15, -0.1) is 0 Å². The molecule has 1 aromatic carbocycles. The van der Waals surface area contributed by atoms with E-state index in [0.29, 0.717) is 24.9 Å². The third-order valence-electron chi connectivity index (χ3n) is 7.13. The van der Waals surface area contributed by atoms with Gasteiger partial charge >= 0.3 is 0 Å². The molecule has 1 spiro atoms.